The Bertz CT molecular complexity index is 2500. The lowest BCUT2D eigenvalue weighted by molar-refractivity contribution is -0.528. The first kappa shape index (κ1) is 48.0. The summed E-state index contributed by atoms with van der Waals surface area (Å²) in [6.45, 7) is 0.205. The maximum Gasteiger partial charge on any atom is 0.250 e. The Labute approximate surface area is 390 Å². The van der Waals surface area contributed by atoms with Gasteiger partial charge < -0.3 is 26.6 Å². The minimum Gasteiger partial charge on any atom is -0.395 e. The van der Waals surface area contributed by atoms with Crippen LogP contribution in [0.3, 0.4) is 0 Å². The van der Waals surface area contributed by atoms with Gasteiger partial charge in [0.15, 0.2) is 0 Å². The summed E-state index contributed by atoms with van der Waals surface area (Å²) in [7, 11) is 0. The van der Waals surface area contributed by atoms with Crippen molar-refractivity contribution in [2.75, 3.05) is 36.9 Å². The number of nitrogens with two attached hydrogens (primary N) is 1. The van der Waals surface area contributed by atoms with Gasteiger partial charge in [-0.25, -0.2) is 8.78 Å². The van der Waals surface area contributed by atoms with Crippen molar-refractivity contribution in [3.63, 3.8) is 0 Å². The van der Waals surface area contributed by atoms with Crippen LogP contribution in [0.15, 0.2) is 72.8 Å². The molecule has 2 saturated heterocycles. The second-order valence-electron chi connectivity index (χ2n) is 17.1. The number of nitrogens with zero attached hydrogens (tertiary/aromatic N) is 3. The van der Waals surface area contributed by atoms with Crippen LogP contribution in [0, 0.1) is 33.6 Å². The number of nitrogens with one attached hydrogen (secondary N) is 2. The van der Waals surface area contributed by atoms with Gasteiger partial charge in [0, 0.05) is 74.1 Å². The predicted molar refractivity (Wildman–Crippen MR) is 245 cm³/mol. The van der Waals surface area contributed by atoms with Gasteiger partial charge in [-0.05, 0) is 79.5 Å². The molecule has 10 rings (SSSR count). The molecule has 0 radical (unpaired) electrons. The van der Waals surface area contributed by atoms with E-state index in [0.29, 0.717) is 51.6 Å². The first-order chi connectivity index (χ1) is 29.7. The average Bonchev–Trinajstić information content (AvgIpc) is 4.15. The summed E-state index contributed by atoms with van der Waals surface area (Å²) >= 11 is 24.5. The molecule has 2 aliphatic carbocycles. The number of carbonyl (C=O) groups is 2. The van der Waals surface area contributed by atoms with E-state index in [2.05, 4.69) is 10.6 Å². The summed E-state index contributed by atoms with van der Waals surface area (Å²) in [6.07, 6.45) is 3.98. The highest BCUT2D eigenvalue weighted by atomic mass is 35.5. The van der Waals surface area contributed by atoms with Crippen LogP contribution in [-0.4, -0.2) is 87.2 Å². The van der Waals surface area contributed by atoms with Crippen molar-refractivity contribution in [3.05, 3.63) is 137 Å². The third-order valence-electron chi connectivity index (χ3n) is 13.7. The molecule has 0 aromatic heterocycles. The van der Waals surface area contributed by atoms with Crippen LogP contribution in [0.2, 0.25) is 20.1 Å². The SMILES string of the molecule is C.C.N[C@@H]1[C@H](CO)N(CC2CC2)[C@@]2(C(=O)Nc3cc(Cl)ccc32)[C@H]1c1cccc(Cl)c1F.O=C1Nc2cc(Cl)ccc2[C@@]12[C@@H](c1cccc(Cl)c1F)[C@H]([N+](=O)[O-])[C@H](CO)N2CC1CC1. The Kier molecular flexibility index (Phi) is 13.5. The van der Waals surface area contributed by atoms with Gasteiger partial charge in [0.25, 0.3) is 5.91 Å². The smallest absolute Gasteiger partial charge is 0.250 e. The molecule has 6 aliphatic rings. The monoisotopic (exact) mass is 960 g/mol. The molecule has 4 heterocycles. The molecule has 4 aliphatic heterocycles. The molecule has 64 heavy (non-hydrogen) atoms. The second kappa shape index (κ2) is 18.0. The Morgan fingerprint density at radius 1 is 0.703 bits per heavy atom. The van der Waals surface area contributed by atoms with Gasteiger partial charge in [-0.2, -0.15) is 0 Å². The van der Waals surface area contributed by atoms with Gasteiger partial charge in [0.1, 0.15) is 28.8 Å². The highest BCUT2D eigenvalue weighted by Crippen LogP contribution is 2.60. The Morgan fingerprint density at radius 2 is 1.12 bits per heavy atom. The van der Waals surface area contributed by atoms with Crippen LogP contribution < -0.4 is 16.4 Å². The number of aliphatic hydroxyl groups is 2. The fourth-order valence-electron chi connectivity index (χ4n) is 10.8. The molecular formula is C46H50Cl4F2N6O6. The topological polar surface area (TPSA) is 174 Å². The molecule has 2 amide bonds. The summed E-state index contributed by atoms with van der Waals surface area (Å²) < 4.78 is 30.6. The summed E-state index contributed by atoms with van der Waals surface area (Å²) in [5.41, 5.74) is 6.29. The van der Waals surface area contributed by atoms with E-state index >= 15 is 8.78 Å². The number of fused-ring (bicyclic) bond motifs is 4. The molecule has 4 aromatic rings. The van der Waals surface area contributed by atoms with Gasteiger partial charge in [0.2, 0.25) is 11.9 Å². The van der Waals surface area contributed by atoms with Crippen LogP contribution in [0.4, 0.5) is 20.2 Å². The van der Waals surface area contributed by atoms with E-state index in [-0.39, 0.29) is 54.5 Å². The minimum atomic E-state index is -1.58. The number of hydrogen-bond donors (Lipinski definition) is 5. The van der Waals surface area contributed by atoms with Crippen molar-refractivity contribution in [3.8, 4) is 0 Å². The number of carbonyl (C=O) groups excluding carboxylic acids is 2. The van der Waals surface area contributed by atoms with Gasteiger partial charge >= 0.3 is 0 Å². The largest absolute Gasteiger partial charge is 0.395 e. The lowest BCUT2D eigenvalue weighted by Gasteiger charge is -2.39. The van der Waals surface area contributed by atoms with E-state index in [9.17, 15) is 29.9 Å². The van der Waals surface area contributed by atoms with Gasteiger partial charge in [-0.15, -0.1) is 0 Å². The molecule has 2 spiro atoms. The quantitative estimate of drug-likeness (QED) is 0.0814. The van der Waals surface area contributed by atoms with Crippen LogP contribution in [0.1, 0.15) is 74.6 Å². The molecule has 4 aromatic carbocycles. The molecule has 0 bridgehead atoms. The van der Waals surface area contributed by atoms with E-state index in [0.717, 1.165) is 25.7 Å². The number of rotatable bonds is 9. The highest BCUT2D eigenvalue weighted by molar-refractivity contribution is 6.32. The van der Waals surface area contributed by atoms with E-state index in [1.807, 2.05) is 4.90 Å². The lowest BCUT2D eigenvalue weighted by Crippen LogP contribution is -2.53. The molecule has 12 nitrogen and oxygen atoms in total. The molecule has 342 valence electrons. The van der Waals surface area contributed by atoms with E-state index < -0.39 is 76.2 Å². The Balaban J connectivity index is 0.000000186. The minimum absolute atomic E-state index is 0. The lowest BCUT2D eigenvalue weighted by atomic mass is 9.73. The van der Waals surface area contributed by atoms with Crippen molar-refractivity contribution >= 4 is 69.6 Å². The van der Waals surface area contributed by atoms with Crippen molar-refractivity contribution in [2.24, 2.45) is 17.6 Å². The van der Waals surface area contributed by atoms with Crippen LogP contribution in [-0.2, 0) is 20.7 Å². The molecule has 4 fully saturated rings. The second-order valence-corrected chi connectivity index (χ2v) is 18.8. The fourth-order valence-corrected chi connectivity index (χ4v) is 11.5. The zero-order valence-electron chi connectivity index (χ0n) is 32.9. The van der Waals surface area contributed by atoms with Crippen molar-refractivity contribution in [2.45, 2.75) is 87.6 Å². The molecule has 8 atom stereocenters. The summed E-state index contributed by atoms with van der Waals surface area (Å²) in [5.74, 6) is -3.43. The van der Waals surface area contributed by atoms with Crippen molar-refractivity contribution in [1.82, 2.24) is 9.80 Å². The highest BCUT2D eigenvalue weighted by Gasteiger charge is 2.72. The summed E-state index contributed by atoms with van der Waals surface area (Å²) in [6, 6.07) is 15.5. The molecule has 2 saturated carbocycles. The van der Waals surface area contributed by atoms with Crippen LogP contribution in [0.25, 0.3) is 0 Å². The molecular weight excluding hydrogens is 912 g/mol. The number of benzene rings is 4. The summed E-state index contributed by atoms with van der Waals surface area (Å²) in [5, 5.41) is 39.3. The standard InChI is InChI=1S/C22H20Cl2FN3O4.C22H22Cl2FN3O2.2CH4/c23-12-6-7-14-16(8-12)26-21(30)22(14)18(13-2-1-3-15(24)19(13)25)20(28(31)32)17(10-29)27(22)9-11-4-5-11;23-12-6-7-14-16(8-12)27-21(30)22(14)18(13-2-1-3-15(24)19(13)25)20(26)17(10-29)28(22)9-11-4-5-11;;/h1-3,6-8,11,17-18,20,29H,4-5,9-10H2,(H,26,30);1-3,6-8,11,17-18,20,29H,4-5,9-10,26H2,(H,27,30);2*1H4/t2*17-,18-,20+,22+;;/m00../s1. The first-order valence-corrected chi connectivity index (χ1v) is 22.0. The van der Waals surface area contributed by atoms with Gasteiger partial charge in [-0.3, -0.25) is 29.5 Å². The first-order valence-electron chi connectivity index (χ1n) is 20.4. The number of halogens is 6. The average molecular weight is 963 g/mol. The van der Waals surface area contributed by atoms with E-state index in [4.69, 9.17) is 52.1 Å². The maximum absolute atomic E-state index is 15.3. The molecule has 18 heteroatoms. The predicted octanol–water partition coefficient (Wildman–Crippen LogP) is 8.55. The maximum atomic E-state index is 15.3. The van der Waals surface area contributed by atoms with Crippen LogP contribution in [0.5, 0.6) is 0 Å². The zero-order valence-corrected chi connectivity index (χ0v) is 35.9. The molecule has 6 N–H and O–H groups in total. The van der Waals surface area contributed by atoms with Crippen molar-refractivity contribution in [1.29, 1.82) is 0 Å². The Hall–Kier alpha value is -3.96. The third-order valence-corrected chi connectivity index (χ3v) is 14.8. The molecule has 0 unspecified atom stereocenters. The van der Waals surface area contributed by atoms with E-state index in [1.165, 1.54) is 24.3 Å². The van der Waals surface area contributed by atoms with E-state index in [1.54, 1.807) is 53.4 Å². The number of hydrogen-bond acceptors (Lipinski definition) is 9. The normalized spacial score (nSPS) is 29.1. The fraction of sp³-hybridized carbons (Fsp3) is 0.435. The number of nitro groups is 1. The summed E-state index contributed by atoms with van der Waals surface area (Å²) in [4.78, 5) is 43.0. The van der Waals surface area contributed by atoms with Crippen LogP contribution >= 0.6 is 46.4 Å². The Morgan fingerprint density at radius 3 is 1.55 bits per heavy atom. The number of aliphatic hydroxyl groups excluding tert-OH is 2. The van der Waals surface area contributed by atoms with Crippen molar-refractivity contribution < 1.29 is 33.5 Å². The zero-order chi connectivity index (χ0) is 44.0. The van der Waals surface area contributed by atoms with Gasteiger partial charge in [-0.1, -0.05) is 97.7 Å². The third kappa shape index (κ3) is 7.37. The number of likely N-dealkylation sites (tertiary alicyclic amines) is 2. The number of anilines is 2. The van der Waals surface area contributed by atoms with Gasteiger partial charge in [0.05, 0.1) is 29.2 Å². The number of amides is 2.